The van der Waals surface area contributed by atoms with E-state index >= 15 is 0 Å². The van der Waals surface area contributed by atoms with E-state index in [2.05, 4.69) is 9.97 Å². The van der Waals surface area contributed by atoms with Crippen molar-refractivity contribution in [3.05, 3.63) is 69.7 Å². The van der Waals surface area contributed by atoms with Crippen molar-refractivity contribution in [3.63, 3.8) is 0 Å². The molecular weight excluding hydrogens is 447 g/mol. The molecule has 2 aromatic carbocycles. The van der Waals surface area contributed by atoms with Crippen LogP contribution in [0.3, 0.4) is 0 Å². The number of fused-ring (bicyclic) bond motifs is 1. The molecule has 0 fully saturated rings. The second kappa shape index (κ2) is 8.75. The molecule has 1 aliphatic rings. The third kappa shape index (κ3) is 4.75. The second-order valence-electron chi connectivity index (χ2n) is 6.11. The maximum absolute atomic E-state index is 12.5. The lowest BCUT2D eigenvalue weighted by molar-refractivity contribution is 0.102. The van der Waals surface area contributed by atoms with Crippen LogP contribution in [0.5, 0.6) is 0 Å². The summed E-state index contributed by atoms with van der Waals surface area (Å²) in [5.74, 6) is 1.02. The molecule has 0 aliphatic carbocycles. The normalized spacial score (nSPS) is 13.0. The van der Waals surface area contributed by atoms with Gasteiger partial charge in [0.1, 0.15) is 15.7 Å². The Morgan fingerprint density at radius 1 is 1.03 bits per heavy atom. The molecule has 29 heavy (non-hydrogen) atoms. The first-order valence-electron chi connectivity index (χ1n) is 8.55. The summed E-state index contributed by atoms with van der Waals surface area (Å²) in [6.07, 6.45) is 0. The monoisotopic (exact) mass is 460 g/mol. The molecule has 0 spiro atoms. The number of aromatic nitrogens is 2. The number of hydrogen-bond acceptors (Lipinski definition) is 7. The lowest BCUT2D eigenvalue weighted by atomic mass is 10.1. The number of aliphatic imine (C=N–C) groups is 1. The van der Waals surface area contributed by atoms with Crippen molar-refractivity contribution >= 4 is 69.9 Å². The van der Waals surface area contributed by atoms with Gasteiger partial charge in [-0.1, -0.05) is 58.9 Å². The fraction of sp³-hybridized carbons (Fsp3) is 0.100. The number of nitrogens with two attached hydrogens (primary N) is 1. The van der Waals surface area contributed by atoms with Gasteiger partial charge < -0.3 is 5.73 Å². The van der Waals surface area contributed by atoms with Crippen LogP contribution in [-0.2, 0) is 0 Å². The summed E-state index contributed by atoms with van der Waals surface area (Å²) in [5.41, 5.74) is 9.00. The predicted octanol–water partition coefficient (Wildman–Crippen LogP) is 5.57. The molecule has 2 N–H and O–H groups in total. The average Bonchev–Trinajstić information content (AvgIpc) is 2.72. The smallest absolute Gasteiger partial charge is 0.222 e. The number of Topliss-reactive ketones (excluding diaryl/α,β-unsaturated/α-hetero) is 1. The quantitative estimate of drug-likeness (QED) is 0.304. The van der Waals surface area contributed by atoms with Crippen molar-refractivity contribution < 1.29 is 4.79 Å². The molecule has 0 radical (unpaired) electrons. The van der Waals surface area contributed by atoms with E-state index in [1.807, 2.05) is 24.3 Å². The van der Waals surface area contributed by atoms with Gasteiger partial charge in [-0.3, -0.25) is 4.79 Å². The van der Waals surface area contributed by atoms with E-state index in [-0.39, 0.29) is 17.5 Å². The van der Waals surface area contributed by atoms with Crippen molar-refractivity contribution in [2.75, 3.05) is 17.2 Å². The molecule has 5 nitrogen and oxygen atoms in total. The van der Waals surface area contributed by atoms with Crippen LogP contribution in [0.25, 0.3) is 0 Å². The van der Waals surface area contributed by atoms with E-state index in [0.29, 0.717) is 32.1 Å². The SMILES string of the molecule is Nc1nc(SCC(=O)c2ccc(Cl)cc2)c2c(n1)SCC(c1ccc(Cl)cc1)=N2. The van der Waals surface area contributed by atoms with Crippen LogP contribution < -0.4 is 5.73 Å². The number of carbonyl (C=O) groups is 1. The molecular formula is C20H14Cl2N4OS2. The Hall–Kier alpha value is -2.06. The van der Waals surface area contributed by atoms with Crippen LogP contribution >= 0.6 is 46.7 Å². The van der Waals surface area contributed by atoms with E-state index in [1.54, 1.807) is 36.0 Å². The predicted molar refractivity (Wildman–Crippen MR) is 121 cm³/mol. The number of rotatable bonds is 5. The molecule has 0 atom stereocenters. The number of halogens is 2. The number of hydrogen-bond donors (Lipinski definition) is 1. The molecule has 0 saturated heterocycles. The lowest BCUT2D eigenvalue weighted by Gasteiger charge is -2.17. The van der Waals surface area contributed by atoms with Crippen molar-refractivity contribution in [2.24, 2.45) is 4.99 Å². The molecule has 4 rings (SSSR count). The first-order valence-corrected chi connectivity index (χ1v) is 11.3. The zero-order valence-electron chi connectivity index (χ0n) is 14.9. The summed E-state index contributed by atoms with van der Waals surface area (Å²) in [5, 5.41) is 2.57. The Bertz CT molecular complexity index is 1100. The van der Waals surface area contributed by atoms with Crippen LogP contribution in [0.4, 0.5) is 11.6 Å². The van der Waals surface area contributed by atoms with Gasteiger partial charge in [0.25, 0.3) is 0 Å². The molecule has 2 heterocycles. The number of thioether (sulfide) groups is 2. The first kappa shape index (κ1) is 20.2. The van der Waals surface area contributed by atoms with E-state index < -0.39 is 0 Å². The van der Waals surface area contributed by atoms with Gasteiger partial charge in [0.15, 0.2) is 5.78 Å². The highest BCUT2D eigenvalue weighted by molar-refractivity contribution is 8.01. The molecule has 1 aromatic heterocycles. The minimum Gasteiger partial charge on any atom is -0.368 e. The minimum atomic E-state index is -0.0250. The fourth-order valence-electron chi connectivity index (χ4n) is 2.67. The fourth-order valence-corrected chi connectivity index (χ4v) is 4.80. The van der Waals surface area contributed by atoms with Crippen molar-refractivity contribution in [3.8, 4) is 0 Å². The van der Waals surface area contributed by atoms with Crippen molar-refractivity contribution in [2.45, 2.75) is 10.1 Å². The van der Waals surface area contributed by atoms with E-state index in [1.165, 1.54) is 11.8 Å². The number of anilines is 1. The summed E-state index contributed by atoms with van der Waals surface area (Å²) in [4.78, 5) is 25.9. The van der Waals surface area contributed by atoms with Crippen LogP contribution in [0, 0.1) is 0 Å². The zero-order valence-corrected chi connectivity index (χ0v) is 18.1. The summed E-state index contributed by atoms with van der Waals surface area (Å²) in [6.45, 7) is 0. The Morgan fingerprint density at radius 2 is 1.69 bits per heavy atom. The van der Waals surface area contributed by atoms with Crippen LogP contribution in [-0.4, -0.2) is 33.0 Å². The van der Waals surface area contributed by atoms with Gasteiger partial charge in [-0.25, -0.2) is 15.0 Å². The Morgan fingerprint density at radius 3 is 2.38 bits per heavy atom. The van der Waals surface area contributed by atoms with Crippen LogP contribution in [0.15, 0.2) is 63.6 Å². The Kier molecular flexibility index (Phi) is 6.10. The molecule has 3 aromatic rings. The van der Waals surface area contributed by atoms with E-state index in [9.17, 15) is 4.79 Å². The van der Waals surface area contributed by atoms with Gasteiger partial charge in [-0.15, -0.1) is 0 Å². The minimum absolute atomic E-state index is 0.0250. The zero-order chi connectivity index (χ0) is 20.4. The summed E-state index contributed by atoms with van der Waals surface area (Å²) in [7, 11) is 0. The molecule has 0 bridgehead atoms. The number of ketones is 1. The van der Waals surface area contributed by atoms with Crippen molar-refractivity contribution in [1.82, 2.24) is 9.97 Å². The highest BCUT2D eigenvalue weighted by atomic mass is 35.5. The molecule has 146 valence electrons. The lowest BCUT2D eigenvalue weighted by Crippen LogP contribution is -2.11. The van der Waals surface area contributed by atoms with Gasteiger partial charge in [-0.05, 0) is 42.0 Å². The van der Waals surface area contributed by atoms with Gasteiger partial charge in [0, 0.05) is 21.4 Å². The Labute approximate surface area is 186 Å². The first-order chi connectivity index (χ1) is 14.0. The third-order valence-electron chi connectivity index (χ3n) is 4.11. The summed E-state index contributed by atoms with van der Waals surface area (Å²) < 4.78 is 0. The summed E-state index contributed by atoms with van der Waals surface area (Å²) in [6, 6.07) is 14.3. The number of nitrogen functional groups attached to an aromatic ring is 1. The average molecular weight is 461 g/mol. The largest absolute Gasteiger partial charge is 0.368 e. The number of nitrogens with zero attached hydrogens (tertiary/aromatic N) is 3. The maximum atomic E-state index is 12.5. The second-order valence-corrected chi connectivity index (χ2v) is 8.91. The number of benzene rings is 2. The van der Waals surface area contributed by atoms with Crippen LogP contribution in [0.2, 0.25) is 10.0 Å². The molecule has 0 amide bonds. The molecule has 0 unspecified atom stereocenters. The molecule has 9 heteroatoms. The number of carbonyl (C=O) groups excluding carboxylic acids is 1. The third-order valence-corrected chi connectivity index (χ3v) is 6.56. The van der Waals surface area contributed by atoms with Crippen molar-refractivity contribution in [1.29, 1.82) is 0 Å². The Balaban J connectivity index is 1.60. The van der Waals surface area contributed by atoms with Gasteiger partial charge in [-0.2, -0.15) is 0 Å². The highest BCUT2D eigenvalue weighted by Gasteiger charge is 2.21. The summed E-state index contributed by atoms with van der Waals surface area (Å²) >= 11 is 14.7. The highest BCUT2D eigenvalue weighted by Crippen LogP contribution is 2.40. The standard InChI is InChI=1S/C20H14Cl2N4OS2/c21-13-5-1-11(2-6-13)15-9-28-18-17(24-15)19(26-20(23)25-18)29-10-16(27)12-3-7-14(22)8-4-12/h1-8H,9-10H2,(H2,23,25,26). The molecule has 1 aliphatic heterocycles. The van der Waals surface area contributed by atoms with E-state index in [4.69, 9.17) is 33.9 Å². The topological polar surface area (TPSA) is 81.2 Å². The van der Waals surface area contributed by atoms with E-state index in [0.717, 1.165) is 16.3 Å². The van der Waals surface area contributed by atoms with Gasteiger partial charge in [0.05, 0.1) is 11.5 Å². The van der Waals surface area contributed by atoms with Gasteiger partial charge in [0.2, 0.25) is 5.95 Å². The van der Waals surface area contributed by atoms with Gasteiger partial charge >= 0.3 is 0 Å². The maximum Gasteiger partial charge on any atom is 0.222 e. The molecule has 0 saturated carbocycles. The van der Waals surface area contributed by atoms with Crippen LogP contribution in [0.1, 0.15) is 15.9 Å².